The van der Waals surface area contributed by atoms with Crippen molar-refractivity contribution in [3.63, 3.8) is 0 Å². The minimum Gasteiger partial charge on any atom is -0.382 e. The molecule has 1 aliphatic rings. The van der Waals surface area contributed by atoms with Crippen molar-refractivity contribution in [2.45, 2.75) is 25.8 Å². The van der Waals surface area contributed by atoms with Gasteiger partial charge < -0.3 is 15.5 Å². The van der Waals surface area contributed by atoms with Crippen LogP contribution < -0.4 is 10.6 Å². The van der Waals surface area contributed by atoms with E-state index in [-0.39, 0.29) is 0 Å². The summed E-state index contributed by atoms with van der Waals surface area (Å²) in [6.07, 6.45) is 4.27. The van der Waals surface area contributed by atoms with Gasteiger partial charge in [-0.25, -0.2) is 0 Å². The second-order valence-corrected chi connectivity index (χ2v) is 5.94. The number of rotatable bonds is 2. The molecule has 6 heteroatoms. The van der Waals surface area contributed by atoms with Gasteiger partial charge in [0.15, 0.2) is 5.82 Å². The molecule has 6 nitrogen and oxygen atoms in total. The maximum absolute atomic E-state index is 5.95. The number of piperidine rings is 1. The van der Waals surface area contributed by atoms with Crippen LogP contribution in [0.3, 0.4) is 0 Å². The Kier molecular flexibility index (Phi) is 3.63. The number of nitrogen functional groups attached to an aromatic ring is 1. The molecule has 2 N–H and O–H groups in total. The van der Waals surface area contributed by atoms with Gasteiger partial charge in [-0.2, -0.15) is 5.10 Å². The van der Waals surface area contributed by atoms with E-state index in [1.54, 1.807) is 0 Å². The lowest BCUT2D eigenvalue weighted by Crippen LogP contribution is -2.42. The van der Waals surface area contributed by atoms with Crippen LogP contribution in [-0.2, 0) is 0 Å². The third-order valence-corrected chi connectivity index (χ3v) is 4.36. The third-order valence-electron chi connectivity index (χ3n) is 4.36. The fourth-order valence-electron chi connectivity index (χ4n) is 2.98. The summed E-state index contributed by atoms with van der Waals surface area (Å²) in [4.78, 5) is 9.23. The van der Waals surface area contributed by atoms with E-state index in [0.29, 0.717) is 11.9 Å². The molecule has 3 heterocycles. The molecule has 0 aliphatic carbocycles. The summed E-state index contributed by atoms with van der Waals surface area (Å²) in [6.45, 7) is 4.00. The van der Waals surface area contributed by atoms with E-state index < -0.39 is 0 Å². The predicted molar refractivity (Wildman–Crippen MR) is 85.4 cm³/mol. The topological polar surface area (TPSA) is 71.2 Å². The van der Waals surface area contributed by atoms with Crippen molar-refractivity contribution in [1.82, 2.24) is 20.1 Å². The molecule has 0 bridgehead atoms. The fraction of sp³-hybridized carbons (Fsp3) is 0.533. The van der Waals surface area contributed by atoms with Crippen molar-refractivity contribution < 1.29 is 0 Å². The average Bonchev–Trinajstić information content (AvgIpc) is 2.51. The van der Waals surface area contributed by atoms with E-state index in [1.165, 1.54) is 12.8 Å². The van der Waals surface area contributed by atoms with Crippen LogP contribution in [0.2, 0.25) is 0 Å². The van der Waals surface area contributed by atoms with Crippen LogP contribution in [0.5, 0.6) is 0 Å². The van der Waals surface area contributed by atoms with Crippen LogP contribution in [0.4, 0.5) is 11.5 Å². The minimum atomic E-state index is 0.452. The highest BCUT2D eigenvalue weighted by molar-refractivity contribution is 5.91. The predicted octanol–water partition coefficient (Wildman–Crippen LogP) is 1.45. The number of hydrogen-bond acceptors (Lipinski definition) is 6. The monoisotopic (exact) mass is 286 g/mol. The highest BCUT2D eigenvalue weighted by Gasteiger charge is 2.21. The Morgan fingerprint density at radius 3 is 2.62 bits per heavy atom. The van der Waals surface area contributed by atoms with Gasteiger partial charge in [0.05, 0.1) is 23.1 Å². The fourth-order valence-corrected chi connectivity index (χ4v) is 2.98. The van der Waals surface area contributed by atoms with Gasteiger partial charge in [0, 0.05) is 24.5 Å². The zero-order valence-electron chi connectivity index (χ0n) is 12.9. The molecule has 1 fully saturated rings. The van der Waals surface area contributed by atoms with Crippen molar-refractivity contribution in [2.75, 3.05) is 37.8 Å². The van der Waals surface area contributed by atoms with Gasteiger partial charge in [-0.05, 0) is 39.9 Å². The normalized spacial score (nSPS) is 16.9. The first-order chi connectivity index (χ1) is 10.1. The Balaban J connectivity index is 1.87. The first-order valence-electron chi connectivity index (χ1n) is 7.36. The van der Waals surface area contributed by atoms with Crippen LogP contribution >= 0.6 is 0 Å². The summed E-state index contributed by atoms with van der Waals surface area (Å²) < 4.78 is 0. The highest BCUT2D eigenvalue weighted by Crippen LogP contribution is 2.26. The number of fused-ring (bicyclic) bond motifs is 1. The Hall–Kier alpha value is -1.95. The lowest BCUT2D eigenvalue weighted by atomic mass is 10.0. The van der Waals surface area contributed by atoms with E-state index in [2.05, 4.69) is 45.1 Å². The summed E-state index contributed by atoms with van der Waals surface area (Å²) in [5, 5.41) is 8.91. The molecule has 0 saturated carbocycles. The summed E-state index contributed by atoms with van der Waals surface area (Å²) >= 11 is 0. The molecule has 0 radical (unpaired) electrons. The Morgan fingerprint density at radius 2 is 1.95 bits per heavy atom. The molecule has 0 unspecified atom stereocenters. The zero-order chi connectivity index (χ0) is 15.0. The number of nitrogens with zero attached hydrogens (tertiary/aromatic N) is 5. The minimum absolute atomic E-state index is 0.452. The van der Waals surface area contributed by atoms with Crippen LogP contribution in [0.15, 0.2) is 12.3 Å². The van der Waals surface area contributed by atoms with Crippen LogP contribution in [0.25, 0.3) is 10.9 Å². The smallest absolute Gasteiger partial charge is 0.155 e. The number of anilines is 2. The zero-order valence-corrected chi connectivity index (χ0v) is 12.9. The molecule has 0 spiro atoms. The molecule has 3 rings (SSSR count). The second-order valence-electron chi connectivity index (χ2n) is 5.94. The van der Waals surface area contributed by atoms with Crippen molar-refractivity contribution >= 4 is 22.4 Å². The SMILES string of the molecule is Cc1nnc(N)c2cc(N3CCC(N(C)C)CC3)cnc12. The molecule has 0 atom stereocenters. The Bertz CT molecular complexity index is 646. The number of hydrogen-bond donors (Lipinski definition) is 1. The van der Waals surface area contributed by atoms with Gasteiger partial charge in [0.2, 0.25) is 0 Å². The number of nitrogens with two attached hydrogens (primary N) is 1. The molecular formula is C15H22N6. The van der Waals surface area contributed by atoms with Gasteiger partial charge in [0.25, 0.3) is 0 Å². The first-order valence-corrected chi connectivity index (χ1v) is 7.36. The third kappa shape index (κ3) is 2.63. The lowest BCUT2D eigenvalue weighted by molar-refractivity contribution is 0.249. The summed E-state index contributed by atoms with van der Waals surface area (Å²) in [5.74, 6) is 0.452. The molecule has 0 aromatic carbocycles. The van der Waals surface area contributed by atoms with Gasteiger partial charge in [-0.3, -0.25) is 4.98 Å². The largest absolute Gasteiger partial charge is 0.382 e. The lowest BCUT2D eigenvalue weighted by Gasteiger charge is -2.36. The molecule has 21 heavy (non-hydrogen) atoms. The molecule has 1 saturated heterocycles. The number of aromatic nitrogens is 3. The van der Waals surface area contributed by atoms with E-state index in [0.717, 1.165) is 35.4 Å². The van der Waals surface area contributed by atoms with E-state index >= 15 is 0 Å². The molecule has 2 aromatic rings. The molecule has 0 amide bonds. The van der Waals surface area contributed by atoms with Crippen molar-refractivity contribution in [2.24, 2.45) is 0 Å². The molecule has 1 aliphatic heterocycles. The van der Waals surface area contributed by atoms with Crippen LogP contribution in [-0.4, -0.2) is 53.3 Å². The second kappa shape index (κ2) is 5.44. The maximum Gasteiger partial charge on any atom is 0.155 e. The standard InChI is InChI=1S/C15H22N6/c1-10-14-13(15(16)19-18-10)8-12(9-17-14)21-6-4-11(5-7-21)20(2)3/h8-9,11H,4-7H2,1-3H3,(H2,16,19). The van der Waals surface area contributed by atoms with E-state index in [4.69, 9.17) is 5.73 Å². The summed E-state index contributed by atoms with van der Waals surface area (Å²) in [7, 11) is 4.31. The molecular weight excluding hydrogens is 264 g/mol. The Labute approximate surface area is 125 Å². The van der Waals surface area contributed by atoms with Crippen molar-refractivity contribution in [1.29, 1.82) is 0 Å². The quantitative estimate of drug-likeness (QED) is 0.901. The Morgan fingerprint density at radius 1 is 1.24 bits per heavy atom. The van der Waals surface area contributed by atoms with Gasteiger partial charge in [-0.1, -0.05) is 0 Å². The summed E-state index contributed by atoms with van der Waals surface area (Å²) in [6, 6.07) is 2.77. The number of pyridine rings is 1. The molecule has 112 valence electrons. The summed E-state index contributed by atoms with van der Waals surface area (Å²) in [5.41, 5.74) is 8.73. The van der Waals surface area contributed by atoms with Crippen LogP contribution in [0, 0.1) is 6.92 Å². The van der Waals surface area contributed by atoms with Gasteiger partial charge >= 0.3 is 0 Å². The van der Waals surface area contributed by atoms with Crippen LogP contribution in [0.1, 0.15) is 18.5 Å². The van der Waals surface area contributed by atoms with E-state index in [9.17, 15) is 0 Å². The van der Waals surface area contributed by atoms with Gasteiger partial charge in [-0.15, -0.1) is 5.10 Å². The van der Waals surface area contributed by atoms with E-state index in [1.807, 2.05) is 13.1 Å². The number of aryl methyl sites for hydroxylation is 1. The first kappa shape index (κ1) is 14.0. The van der Waals surface area contributed by atoms with Crippen molar-refractivity contribution in [3.05, 3.63) is 18.0 Å². The highest BCUT2D eigenvalue weighted by atomic mass is 15.2. The average molecular weight is 286 g/mol. The maximum atomic E-state index is 5.95. The molecule has 2 aromatic heterocycles. The van der Waals surface area contributed by atoms with Gasteiger partial charge in [0.1, 0.15) is 0 Å². The van der Waals surface area contributed by atoms with Crippen molar-refractivity contribution in [3.8, 4) is 0 Å².